The molecule has 4 nitrogen and oxygen atoms in total. The molecule has 94 valence electrons. The standard InChI is InChI=1S/C13H13BrN2O2/c1-7-3-4-9(14)5-10(7)13-8(2)15-16-11(13)6-12(17)18/h3-5H,6H2,1-2H3,(H,15,16)(H,17,18). The molecule has 0 spiro atoms. The van der Waals surface area contributed by atoms with E-state index < -0.39 is 5.97 Å². The van der Waals surface area contributed by atoms with Crippen LogP contribution in [0.1, 0.15) is 17.0 Å². The molecule has 0 aliphatic heterocycles. The van der Waals surface area contributed by atoms with E-state index in [1.54, 1.807) is 0 Å². The van der Waals surface area contributed by atoms with E-state index in [-0.39, 0.29) is 6.42 Å². The first-order chi connectivity index (χ1) is 8.49. The first-order valence-corrected chi connectivity index (χ1v) is 6.30. The number of rotatable bonds is 3. The number of carboxylic acid groups (broad SMARTS) is 1. The van der Waals surface area contributed by atoms with Crippen molar-refractivity contribution in [3.63, 3.8) is 0 Å². The number of nitrogens with one attached hydrogen (secondary N) is 1. The minimum Gasteiger partial charge on any atom is -0.481 e. The average Bonchev–Trinajstić information content (AvgIpc) is 2.63. The van der Waals surface area contributed by atoms with Gasteiger partial charge >= 0.3 is 5.97 Å². The normalized spacial score (nSPS) is 10.6. The number of halogens is 1. The fourth-order valence-electron chi connectivity index (χ4n) is 1.97. The van der Waals surface area contributed by atoms with Crippen LogP contribution in [0.2, 0.25) is 0 Å². The lowest BCUT2D eigenvalue weighted by molar-refractivity contribution is -0.136. The SMILES string of the molecule is Cc1ccc(Br)cc1-c1c(CC(=O)O)n[nH]c1C. The number of H-pyrrole nitrogens is 1. The van der Waals surface area contributed by atoms with Gasteiger partial charge in [-0.3, -0.25) is 9.89 Å². The monoisotopic (exact) mass is 308 g/mol. The highest BCUT2D eigenvalue weighted by atomic mass is 79.9. The van der Waals surface area contributed by atoms with Gasteiger partial charge in [-0.2, -0.15) is 5.10 Å². The van der Waals surface area contributed by atoms with Crippen molar-refractivity contribution in [3.8, 4) is 11.1 Å². The van der Waals surface area contributed by atoms with Crippen LogP contribution in [0.4, 0.5) is 0 Å². The molecule has 2 aromatic rings. The summed E-state index contributed by atoms with van der Waals surface area (Å²) < 4.78 is 0.963. The molecule has 1 aromatic heterocycles. The molecule has 0 atom stereocenters. The molecule has 2 N–H and O–H groups in total. The molecule has 1 aromatic carbocycles. The third-order valence-electron chi connectivity index (χ3n) is 2.81. The number of carbonyl (C=O) groups is 1. The van der Waals surface area contributed by atoms with Crippen LogP contribution in [-0.4, -0.2) is 21.3 Å². The molecule has 0 saturated carbocycles. The van der Waals surface area contributed by atoms with Gasteiger partial charge in [-0.15, -0.1) is 0 Å². The van der Waals surface area contributed by atoms with E-state index in [9.17, 15) is 4.79 Å². The van der Waals surface area contributed by atoms with E-state index in [0.29, 0.717) is 5.69 Å². The second kappa shape index (κ2) is 4.94. The Hall–Kier alpha value is -1.62. The van der Waals surface area contributed by atoms with E-state index in [0.717, 1.165) is 26.9 Å². The molecule has 18 heavy (non-hydrogen) atoms. The second-order valence-electron chi connectivity index (χ2n) is 4.20. The van der Waals surface area contributed by atoms with Gasteiger partial charge in [-0.25, -0.2) is 0 Å². The zero-order valence-electron chi connectivity index (χ0n) is 10.1. The molecule has 0 saturated heterocycles. The molecule has 5 heteroatoms. The maximum Gasteiger partial charge on any atom is 0.309 e. The molecule has 0 radical (unpaired) electrons. The van der Waals surface area contributed by atoms with Gasteiger partial charge in [0.1, 0.15) is 0 Å². The zero-order chi connectivity index (χ0) is 13.3. The van der Waals surface area contributed by atoms with Crippen LogP contribution in [0.15, 0.2) is 22.7 Å². The minimum atomic E-state index is -0.879. The van der Waals surface area contributed by atoms with Crippen molar-refractivity contribution in [2.45, 2.75) is 20.3 Å². The summed E-state index contributed by atoms with van der Waals surface area (Å²) in [5, 5.41) is 15.8. The van der Waals surface area contributed by atoms with Gasteiger partial charge < -0.3 is 5.11 Å². The Kier molecular flexibility index (Phi) is 3.52. The first-order valence-electron chi connectivity index (χ1n) is 5.51. The van der Waals surface area contributed by atoms with Crippen molar-refractivity contribution in [2.75, 3.05) is 0 Å². The quantitative estimate of drug-likeness (QED) is 0.915. The number of carboxylic acids is 1. The van der Waals surface area contributed by atoms with Crippen molar-refractivity contribution in [2.24, 2.45) is 0 Å². The van der Waals surface area contributed by atoms with Crippen molar-refractivity contribution in [3.05, 3.63) is 39.6 Å². The van der Waals surface area contributed by atoms with Crippen LogP contribution in [0.25, 0.3) is 11.1 Å². The van der Waals surface area contributed by atoms with Crippen molar-refractivity contribution in [1.82, 2.24) is 10.2 Å². The predicted molar refractivity (Wildman–Crippen MR) is 72.5 cm³/mol. The van der Waals surface area contributed by atoms with Crippen LogP contribution < -0.4 is 0 Å². The Morgan fingerprint density at radius 2 is 2.17 bits per heavy atom. The van der Waals surface area contributed by atoms with Crippen LogP contribution in [0.5, 0.6) is 0 Å². The largest absolute Gasteiger partial charge is 0.481 e. The summed E-state index contributed by atoms with van der Waals surface area (Å²) in [7, 11) is 0. The van der Waals surface area contributed by atoms with Gasteiger partial charge in [0.25, 0.3) is 0 Å². The Bertz CT molecular complexity index is 605. The number of aryl methyl sites for hydroxylation is 2. The summed E-state index contributed by atoms with van der Waals surface area (Å²) in [6.07, 6.45) is -0.0778. The highest BCUT2D eigenvalue weighted by molar-refractivity contribution is 9.10. The van der Waals surface area contributed by atoms with E-state index in [2.05, 4.69) is 26.1 Å². The second-order valence-corrected chi connectivity index (χ2v) is 5.12. The Morgan fingerprint density at radius 3 is 2.83 bits per heavy atom. The summed E-state index contributed by atoms with van der Waals surface area (Å²) in [6, 6.07) is 5.94. The van der Waals surface area contributed by atoms with Crippen LogP contribution >= 0.6 is 15.9 Å². The summed E-state index contributed by atoms with van der Waals surface area (Å²) in [5.41, 5.74) is 4.44. The maximum absolute atomic E-state index is 10.9. The third-order valence-corrected chi connectivity index (χ3v) is 3.30. The molecular formula is C13H13BrN2O2. The van der Waals surface area contributed by atoms with Gasteiger partial charge in [-0.1, -0.05) is 22.0 Å². The molecule has 0 aliphatic carbocycles. The number of aromatic nitrogens is 2. The molecule has 0 fully saturated rings. The first kappa shape index (κ1) is 12.8. The van der Waals surface area contributed by atoms with Gasteiger partial charge in [-0.05, 0) is 37.1 Å². The third kappa shape index (κ3) is 2.46. The van der Waals surface area contributed by atoms with Gasteiger partial charge in [0.2, 0.25) is 0 Å². The molecule has 0 amide bonds. The fourth-order valence-corrected chi connectivity index (χ4v) is 2.33. The topological polar surface area (TPSA) is 66.0 Å². The number of aromatic amines is 1. The smallest absolute Gasteiger partial charge is 0.309 e. The Balaban J connectivity index is 2.59. The van der Waals surface area contributed by atoms with Gasteiger partial charge in [0, 0.05) is 15.7 Å². The molecule has 0 bridgehead atoms. The lowest BCUT2D eigenvalue weighted by Gasteiger charge is -2.07. The molecule has 2 rings (SSSR count). The lowest BCUT2D eigenvalue weighted by Crippen LogP contribution is -2.02. The number of benzene rings is 1. The summed E-state index contributed by atoms with van der Waals surface area (Å²) in [4.78, 5) is 10.9. The van der Waals surface area contributed by atoms with Crippen LogP contribution in [0.3, 0.4) is 0 Å². The predicted octanol–water partition coefficient (Wildman–Crippen LogP) is 3.08. The Labute approximate surface area is 113 Å². The van der Waals surface area contributed by atoms with E-state index in [1.165, 1.54) is 0 Å². The summed E-state index contributed by atoms with van der Waals surface area (Å²) in [5.74, 6) is -0.879. The average molecular weight is 309 g/mol. The maximum atomic E-state index is 10.9. The zero-order valence-corrected chi connectivity index (χ0v) is 11.7. The number of nitrogens with zero attached hydrogens (tertiary/aromatic N) is 1. The summed E-state index contributed by atoms with van der Waals surface area (Å²) in [6.45, 7) is 3.90. The molecule has 0 aliphatic rings. The van der Waals surface area contributed by atoms with E-state index in [1.807, 2.05) is 32.0 Å². The van der Waals surface area contributed by atoms with Crippen molar-refractivity contribution in [1.29, 1.82) is 0 Å². The van der Waals surface area contributed by atoms with Gasteiger partial charge in [0.15, 0.2) is 0 Å². The highest BCUT2D eigenvalue weighted by Gasteiger charge is 2.16. The van der Waals surface area contributed by atoms with E-state index in [4.69, 9.17) is 5.11 Å². The van der Waals surface area contributed by atoms with Crippen molar-refractivity contribution < 1.29 is 9.90 Å². The highest BCUT2D eigenvalue weighted by Crippen LogP contribution is 2.31. The van der Waals surface area contributed by atoms with Crippen molar-refractivity contribution >= 4 is 21.9 Å². The van der Waals surface area contributed by atoms with E-state index >= 15 is 0 Å². The summed E-state index contributed by atoms with van der Waals surface area (Å²) >= 11 is 3.43. The van der Waals surface area contributed by atoms with Crippen LogP contribution in [-0.2, 0) is 11.2 Å². The molecule has 1 heterocycles. The number of aliphatic carboxylic acids is 1. The minimum absolute atomic E-state index is 0.0778. The molecule has 0 unspecified atom stereocenters. The van der Waals surface area contributed by atoms with Gasteiger partial charge in [0.05, 0.1) is 12.1 Å². The van der Waals surface area contributed by atoms with Crippen LogP contribution in [0, 0.1) is 13.8 Å². The number of hydrogen-bond donors (Lipinski definition) is 2. The lowest BCUT2D eigenvalue weighted by atomic mass is 9.98. The number of hydrogen-bond acceptors (Lipinski definition) is 2. The molecular weight excluding hydrogens is 296 g/mol. The Morgan fingerprint density at radius 1 is 1.44 bits per heavy atom. The fraction of sp³-hybridized carbons (Fsp3) is 0.231.